The van der Waals surface area contributed by atoms with E-state index < -0.39 is 10.8 Å². The summed E-state index contributed by atoms with van der Waals surface area (Å²) < 4.78 is 0. The number of nitrogens with one attached hydrogen (secondary N) is 2. The summed E-state index contributed by atoms with van der Waals surface area (Å²) in [6, 6.07) is 12.6. The highest BCUT2D eigenvalue weighted by Gasteiger charge is 2.06. The molecule has 2 amide bonds. The predicted octanol–water partition coefficient (Wildman–Crippen LogP) is 2.65. The fraction of sp³-hybridized carbons (Fsp3) is 0.0588. The van der Waals surface area contributed by atoms with Crippen molar-refractivity contribution in [1.82, 2.24) is 10.9 Å². The molecule has 0 spiro atoms. The first-order valence-electron chi connectivity index (χ1n) is 7.20. The van der Waals surface area contributed by atoms with Crippen molar-refractivity contribution in [2.24, 2.45) is 0 Å². The van der Waals surface area contributed by atoms with Crippen molar-refractivity contribution in [3.05, 3.63) is 80.9 Å². The molecule has 0 aliphatic carbocycles. The van der Waals surface area contributed by atoms with Gasteiger partial charge in [0.25, 0.3) is 11.6 Å². The molecule has 0 fully saturated rings. The van der Waals surface area contributed by atoms with Crippen LogP contribution in [0.3, 0.4) is 0 Å². The van der Waals surface area contributed by atoms with E-state index >= 15 is 0 Å². The number of carbonyl (C=O) groups is 2. The molecule has 0 heterocycles. The van der Waals surface area contributed by atoms with Gasteiger partial charge in [0.05, 0.1) is 11.3 Å². The minimum absolute atomic E-state index is 0.0705. The molecule has 7 nitrogen and oxygen atoms in total. The van der Waals surface area contributed by atoms with Crippen LogP contribution in [0.2, 0.25) is 5.02 Å². The molecule has 0 aromatic heterocycles. The molecule has 128 valence electrons. The van der Waals surface area contributed by atoms with Gasteiger partial charge >= 0.3 is 0 Å². The third kappa shape index (κ3) is 6.08. The lowest BCUT2D eigenvalue weighted by Crippen LogP contribution is -2.41. The van der Waals surface area contributed by atoms with Gasteiger partial charge in [-0.25, -0.2) is 0 Å². The molecule has 0 saturated heterocycles. The van der Waals surface area contributed by atoms with Gasteiger partial charge in [0.1, 0.15) is 0 Å². The number of amides is 2. The Labute approximate surface area is 148 Å². The first-order chi connectivity index (χ1) is 11.9. The monoisotopic (exact) mass is 359 g/mol. The van der Waals surface area contributed by atoms with Gasteiger partial charge < -0.3 is 0 Å². The number of halogens is 1. The molecule has 0 radical (unpaired) electrons. The van der Waals surface area contributed by atoms with Crippen molar-refractivity contribution >= 4 is 35.2 Å². The molecule has 8 heteroatoms. The second-order valence-electron chi connectivity index (χ2n) is 5.03. The van der Waals surface area contributed by atoms with Gasteiger partial charge in [-0.1, -0.05) is 35.9 Å². The molecule has 0 aliphatic rings. The van der Waals surface area contributed by atoms with Crippen molar-refractivity contribution in [3.63, 3.8) is 0 Å². The highest BCUT2D eigenvalue weighted by Crippen LogP contribution is 2.14. The van der Waals surface area contributed by atoms with E-state index in [2.05, 4.69) is 10.9 Å². The topological polar surface area (TPSA) is 101 Å². The lowest BCUT2D eigenvalue weighted by atomic mass is 10.1. The Morgan fingerprint density at radius 2 is 1.84 bits per heavy atom. The zero-order chi connectivity index (χ0) is 18.2. The average molecular weight is 360 g/mol. The lowest BCUT2D eigenvalue weighted by Gasteiger charge is -2.05. The Morgan fingerprint density at radius 1 is 1.12 bits per heavy atom. The van der Waals surface area contributed by atoms with Crippen molar-refractivity contribution in [3.8, 4) is 0 Å². The van der Waals surface area contributed by atoms with Crippen LogP contribution in [0.25, 0.3) is 6.08 Å². The van der Waals surface area contributed by atoms with Crippen LogP contribution in [0.5, 0.6) is 0 Å². The SMILES string of the molecule is O=C(/C=C/c1cccc([N+](=O)[O-])c1)NNC(=O)Cc1ccc(Cl)cc1. The molecule has 0 unspecified atom stereocenters. The quantitative estimate of drug-likeness (QED) is 0.486. The first-order valence-corrected chi connectivity index (χ1v) is 7.57. The largest absolute Gasteiger partial charge is 0.273 e. The summed E-state index contributed by atoms with van der Waals surface area (Å²) in [5.74, 6) is -0.949. The van der Waals surface area contributed by atoms with Crippen molar-refractivity contribution in [2.45, 2.75) is 6.42 Å². The Hall–Kier alpha value is -3.19. The summed E-state index contributed by atoms with van der Waals surface area (Å²) in [5, 5.41) is 11.3. The maximum atomic E-state index is 11.7. The van der Waals surface area contributed by atoms with Crippen molar-refractivity contribution in [1.29, 1.82) is 0 Å². The van der Waals surface area contributed by atoms with Crippen LogP contribution in [0.4, 0.5) is 5.69 Å². The van der Waals surface area contributed by atoms with Crippen LogP contribution >= 0.6 is 11.6 Å². The maximum Gasteiger partial charge on any atom is 0.270 e. The maximum absolute atomic E-state index is 11.7. The molecule has 25 heavy (non-hydrogen) atoms. The summed E-state index contributed by atoms with van der Waals surface area (Å²) >= 11 is 5.76. The van der Waals surface area contributed by atoms with E-state index in [0.717, 1.165) is 5.56 Å². The van der Waals surface area contributed by atoms with Gasteiger partial charge in [0.15, 0.2) is 0 Å². The van der Waals surface area contributed by atoms with Crippen LogP contribution in [0.1, 0.15) is 11.1 Å². The number of nitrogens with zero attached hydrogens (tertiary/aromatic N) is 1. The number of nitro benzene ring substituents is 1. The molecule has 2 N–H and O–H groups in total. The van der Waals surface area contributed by atoms with Gasteiger partial charge in [-0.3, -0.25) is 30.6 Å². The molecule has 2 rings (SSSR count). The van der Waals surface area contributed by atoms with Gasteiger partial charge in [-0.2, -0.15) is 0 Å². The minimum atomic E-state index is -0.559. The zero-order valence-electron chi connectivity index (χ0n) is 12.9. The number of nitro groups is 1. The van der Waals surface area contributed by atoms with E-state index in [1.165, 1.54) is 30.4 Å². The summed E-state index contributed by atoms with van der Waals surface area (Å²) in [7, 11) is 0. The molecular weight excluding hydrogens is 346 g/mol. The number of hydrazine groups is 1. The Bertz CT molecular complexity index is 819. The number of rotatable bonds is 5. The van der Waals surface area contributed by atoms with Crippen molar-refractivity contribution < 1.29 is 14.5 Å². The third-order valence-electron chi connectivity index (χ3n) is 3.11. The van der Waals surface area contributed by atoms with Crippen molar-refractivity contribution in [2.75, 3.05) is 0 Å². The first kappa shape index (κ1) is 18.2. The van der Waals surface area contributed by atoms with E-state index in [1.54, 1.807) is 30.3 Å². The zero-order valence-corrected chi connectivity index (χ0v) is 13.7. The molecule has 0 aliphatic heterocycles. The van der Waals surface area contributed by atoms with Crippen LogP contribution in [0, 0.1) is 10.1 Å². The summed E-state index contributed by atoms with van der Waals surface area (Å²) in [6.07, 6.45) is 2.67. The van der Waals surface area contributed by atoms with Crippen LogP contribution in [-0.4, -0.2) is 16.7 Å². The normalized spacial score (nSPS) is 10.4. The van der Waals surface area contributed by atoms with Gasteiger partial charge in [0.2, 0.25) is 5.91 Å². The number of carbonyl (C=O) groups excluding carboxylic acids is 2. The Morgan fingerprint density at radius 3 is 2.52 bits per heavy atom. The lowest BCUT2D eigenvalue weighted by molar-refractivity contribution is -0.384. The Balaban J connectivity index is 1.83. The van der Waals surface area contributed by atoms with Gasteiger partial charge in [-0.15, -0.1) is 0 Å². The summed E-state index contributed by atoms with van der Waals surface area (Å²) in [5.41, 5.74) is 5.70. The van der Waals surface area contributed by atoms with Crippen LogP contribution < -0.4 is 10.9 Å². The number of benzene rings is 2. The highest BCUT2D eigenvalue weighted by atomic mass is 35.5. The number of hydrogen-bond acceptors (Lipinski definition) is 4. The average Bonchev–Trinajstić information content (AvgIpc) is 2.60. The number of non-ortho nitro benzene ring substituents is 1. The second kappa shape index (κ2) is 8.60. The second-order valence-corrected chi connectivity index (χ2v) is 5.46. The fourth-order valence-electron chi connectivity index (χ4n) is 1.92. The van der Waals surface area contributed by atoms with Gasteiger partial charge in [-0.05, 0) is 29.3 Å². The third-order valence-corrected chi connectivity index (χ3v) is 3.36. The van der Waals surface area contributed by atoms with E-state index in [0.29, 0.717) is 10.6 Å². The minimum Gasteiger partial charge on any atom is -0.273 e. The van der Waals surface area contributed by atoms with E-state index in [-0.39, 0.29) is 18.0 Å². The fourth-order valence-corrected chi connectivity index (χ4v) is 2.04. The summed E-state index contributed by atoms with van der Waals surface area (Å²) in [6.45, 7) is 0. The van der Waals surface area contributed by atoms with E-state index in [9.17, 15) is 19.7 Å². The summed E-state index contributed by atoms with van der Waals surface area (Å²) in [4.78, 5) is 33.6. The van der Waals surface area contributed by atoms with E-state index in [1.807, 2.05) is 0 Å². The molecule has 0 bridgehead atoms. The standard InChI is InChI=1S/C17H14ClN3O4/c18-14-7-4-13(5-8-14)11-17(23)20-19-16(22)9-6-12-2-1-3-15(10-12)21(24)25/h1-10H,11H2,(H,19,22)(H,20,23)/b9-6+. The molecule has 0 saturated carbocycles. The smallest absolute Gasteiger partial charge is 0.270 e. The highest BCUT2D eigenvalue weighted by molar-refractivity contribution is 6.30. The van der Waals surface area contributed by atoms with Crippen LogP contribution in [0.15, 0.2) is 54.6 Å². The Kier molecular flexibility index (Phi) is 6.25. The predicted molar refractivity (Wildman–Crippen MR) is 93.6 cm³/mol. The van der Waals surface area contributed by atoms with E-state index in [4.69, 9.17) is 11.6 Å². The molecule has 0 atom stereocenters. The van der Waals surface area contributed by atoms with Crippen LogP contribution in [-0.2, 0) is 16.0 Å². The van der Waals surface area contributed by atoms with Gasteiger partial charge in [0, 0.05) is 23.2 Å². The molecule has 2 aromatic rings. The molecule has 2 aromatic carbocycles. The molecular formula is C17H14ClN3O4. The number of hydrogen-bond donors (Lipinski definition) is 2.